The van der Waals surface area contributed by atoms with Gasteiger partial charge in [-0.2, -0.15) is 5.10 Å². The fraction of sp³-hybridized carbons (Fsp3) is 0.231. The van der Waals surface area contributed by atoms with Crippen LogP contribution in [0.4, 0.5) is 11.4 Å². The minimum atomic E-state index is -0.407. The van der Waals surface area contributed by atoms with Gasteiger partial charge in [0, 0.05) is 31.4 Å². The molecule has 1 aromatic heterocycles. The molecule has 1 saturated heterocycles. The zero-order chi connectivity index (χ0) is 25.7. The summed E-state index contributed by atoms with van der Waals surface area (Å²) >= 11 is 6.20. The molecule has 10 heteroatoms. The van der Waals surface area contributed by atoms with E-state index in [1.54, 1.807) is 25.1 Å². The molecule has 186 valence electrons. The number of carbonyl (C=O) groups is 3. The zero-order valence-corrected chi connectivity index (χ0v) is 20.6. The number of nitrogens with zero attached hydrogens (tertiary/aromatic N) is 2. The van der Waals surface area contributed by atoms with Crippen LogP contribution in [0, 0.1) is 6.92 Å². The molecule has 0 unspecified atom stereocenters. The van der Waals surface area contributed by atoms with E-state index >= 15 is 0 Å². The number of rotatable bonds is 8. The number of aryl methyl sites for hydroxylation is 1. The number of H-pyrrole nitrogens is 1. The van der Waals surface area contributed by atoms with Gasteiger partial charge in [-0.1, -0.05) is 42.4 Å². The number of aromatic amines is 1. The first-order valence-electron chi connectivity index (χ1n) is 11.5. The molecule has 1 aliphatic heterocycles. The van der Waals surface area contributed by atoms with E-state index in [0.29, 0.717) is 22.8 Å². The molecule has 0 bridgehead atoms. The summed E-state index contributed by atoms with van der Waals surface area (Å²) in [4.78, 5) is 39.4. The van der Waals surface area contributed by atoms with Crippen LogP contribution >= 0.6 is 11.6 Å². The second kappa shape index (κ2) is 11.2. The Labute approximate surface area is 213 Å². The van der Waals surface area contributed by atoms with Gasteiger partial charge in [-0.25, -0.2) is 0 Å². The first-order chi connectivity index (χ1) is 17.3. The van der Waals surface area contributed by atoms with Crippen LogP contribution in [0.3, 0.4) is 0 Å². The van der Waals surface area contributed by atoms with Gasteiger partial charge in [-0.15, -0.1) is 0 Å². The summed E-state index contributed by atoms with van der Waals surface area (Å²) in [7, 11) is 0. The van der Waals surface area contributed by atoms with Crippen LogP contribution in [0.1, 0.15) is 38.4 Å². The van der Waals surface area contributed by atoms with Crippen LogP contribution < -0.4 is 16.0 Å². The highest BCUT2D eigenvalue weighted by atomic mass is 35.5. The Bertz CT molecular complexity index is 1270. The van der Waals surface area contributed by atoms with Crippen LogP contribution in [0.15, 0.2) is 61.3 Å². The molecule has 0 spiro atoms. The molecule has 36 heavy (non-hydrogen) atoms. The Morgan fingerprint density at radius 3 is 2.67 bits per heavy atom. The minimum Gasteiger partial charge on any atom is -0.347 e. The number of amides is 3. The van der Waals surface area contributed by atoms with Crippen molar-refractivity contribution in [2.45, 2.75) is 25.9 Å². The van der Waals surface area contributed by atoms with E-state index in [4.69, 9.17) is 11.6 Å². The Morgan fingerprint density at radius 1 is 1.17 bits per heavy atom. The van der Waals surface area contributed by atoms with Crippen LogP contribution in [-0.4, -0.2) is 52.0 Å². The number of benzene rings is 2. The molecule has 4 rings (SSSR count). The highest BCUT2D eigenvalue weighted by Gasteiger charge is 2.26. The summed E-state index contributed by atoms with van der Waals surface area (Å²) in [5.41, 5.74) is 3.37. The average molecular weight is 507 g/mol. The molecular formula is C26H27ClN6O3. The smallest absolute Gasteiger partial charge is 0.271 e. The lowest BCUT2D eigenvalue weighted by Gasteiger charge is -2.17. The summed E-state index contributed by atoms with van der Waals surface area (Å²) in [6.07, 6.45) is 3.43. The van der Waals surface area contributed by atoms with Crippen LogP contribution in [0.25, 0.3) is 0 Å². The normalized spacial score (nSPS) is 15.3. The third-order valence-electron chi connectivity index (χ3n) is 5.98. The lowest BCUT2D eigenvalue weighted by Crippen LogP contribution is -2.37. The van der Waals surface area contributed by atoms with E-state index in [2.05, 4.69) is 37.6 Å². The quantitative estimate of drug-likeness (QED) is 0.347. The fourth-order valence-electron chi connectivity index (χ4n) is 4.15. The number of halogens is 1. The van der Waals surface area contributed by atoms with Crippen LogP contribution in [0.2, 0.25) is 5.02 Å². The summed E-state index contributed by atoms with van der Waals surface area (Å²) in [5.74, 6) is -0.997. The van der Waals surface area contributed by atoms with Crippen LogP contribution in [-0.2, 0) is 11.3 Å². The van der Waals surface area contributed by atoms with Gasteiger partial charge in [0.25, 0.3) is 11.8 Å². The standard InChI is InChI=1S/C26H27ClN6O3/c1-3-22(34)29-18-9-7-17(8-10-18)14-33-12-11-19(15-33)30-26(36)24-21(13-28-32-24)31-25(35)23-16(2)5-4-6-20(23)27/h3-10,13,19H,1,11-12,14-15H2,2H3,(H,28,32)(H,29,34)(H,30,36)(H,31,35)/t19-/m0/s1. The summed E-state index contributed by atoms with van der Waals surface area (Å²) in [5, 5.41) is 15.4. The van der Waals surface area contributed by atoms with Crippen molar-refractivity contribution in [2.24, 2.45) is 0 Å². The van der Waals surface area contributed by atoms with E-state index in [1.165, 1.54) is 12.3 Å². The van der Waals surface area contributed by atoms with Gasteiger partial charge >= 0.3 is 0 Å². The van der Waals surface area contributed by atoms with Crippen molar-refractivity contribution < 1.29 is 14.4 Å². The topological polar surface area (TPSA) is 119 Å². The molecule has 3 amide bonds. The van der Waals surface area contributed by atoms with E-state index < -0.39 is 5.91 Å². The van der Waals surface area contributed by atoms with Crippen molar-refractivity contribution in [3.8, 4) is 0 Å². The predicted molar refractivity (Wildman–Crippen MR) is 139 cm³/mol. The highest BCUT2D eigenvalue weighted by molar-refractivity contribution is 6.34. The number of likely N-dealkylation sites (tertiary alicyclic amines) is 1. The van der Waals surface area contributed by atoms with E-state index in [0.717, 1.165) is 30.6 Å². The first-order valence-corrected chi connectivity index (χ1v) is 11.9. The van der Waals surface area contributed by atoms with E-state index in [1.807, 2.05) is 24.3 Å². The van der Waals surface area contributed by atoms with Gasteiger partial charge in [-0.3, -0.25) is 24.4 Å². The molecule has 3 aromatic rings. The van der Waals surface area contributed by atoms with Crippen molar-refractivity contribution >= 4 is 40.7 Å². The summed E-state index contributed by atoms with van der Waals surface area (Å²) in [6.45, 7) is 7.49. The Hall–Kier alpha value is -3.95. The summed E-state index contributed by atoms with van der Waals surface area (Å²) < 4.78 is 0. The van der Waals surface area contributed by atoms with E-state index in [-0.39, 0.29) is 29.2 Å². The highest BCUT2D eigenvalue weighted by Crippen LogP contribution is 2.22. The molecule has 9 nitrogen and oxygen atoms in total. The molecule has 1 atom stereocenters. The SMILES string of the molecule is C=CC(=O)Nc1ccc(CN2CC[C@H](NC(=O)c3[nH]ncc3NC(=O)c3c(C)cccc3Cl)C2)cc1. The average Bonchev–Trinajstić information content (AvgIpc) is 3.49. The maximum atomic E-state index is 12.9. The molecular weight excluding hydrogens is 480 g/mol. The zero-order valence-electron chi connectivity index (χ0n) is 19.8. The maximum absolute atomic E-state index is 12.9. The van der Waals surface area contributed by atoms with Gasteiger partial charge in [0.2, 0.25) is 5.91 Å². The number of aromatic nitrogens is 2. The Balaban J connectivity index is 1.32. The predicted octanol–water partition coefficient (Wildman–Crippen LogP) is 3.75. The van der Waals surface area contributed by atoms with Crippen molar-refractivity contribution in [1.82, 2.24) is 20.4 Å². The Morgan fingerprint density at radius 2 is 1.94 bits per heavy atom. The number of anilines is 2. The number of hydrogen-bond donors (Lipinski definition) is 4. The Kier molecular flexibility index (Phi) is 7.82. The first kappa shape index (κ1) is 25.2. The van der Waals surface area contributed by atoms with Crippen molar-refractivity contribution in [3.63, 3.8) is 0 Å². The molecule has 0 aliphatic carbocycles. The lowest BCUT2D eigenvalue weighted by atomic mass is 10.1. The maximum Gasteiger partial charge on any atom is 0.271 e. The molecule has 0 radical (unpaired) electrons. The molecule has 2 heterocycles. The number of carbonyl (C=O) groups excluding carboxylic acids is 3. The monoisotopic (exact) mass is 506 g/mol. The number of hydrogen-bond acceptors (Lipinski definition) is 5. The molecule has 4 N–H and O–H groups in total. The van der Waals surface area contributed by atoms with Gasteiger partial charge in [0.05, 0.1) is 22.5 Å². The van der Waals surface area contributed by atoms with E-state index in [9.17, 15) is 14.4 Å². The second-order valence-corrected chi connectivity index (χ2v) is 9.04. The summed E-state index contributed by atoms with van der Waals surface area (Å²) in [6, 6.07) is 12.8. The lowest BCUT2D eigenvalue weighted by molar-refractivity contribution is -0.111. The van der Waals surface area contributed by atoms with Gasteiger partial charge in [0.15, 0.2) is 0 Å². The van der Waals surface area contributed by atoms with Crippen LogP contribution in [0.5, 0.6) is 0 Å². The van der Waals surface area contributed by atoms with Crippen molar-refractivity contribution in [1.29, 1.82) is 0 Å². The second-order valence-electron chi connectivity index (χ2n) is 8.63. The third-order valence-corrected chi connectivity index (χ3v) is 6.30. The molecule has 1 aliphatic rings. The third kappa shape index (κ3) is 5.99. The minimum absolute atomic E-state index is 0.0404. The van der Waals surface area contributed by atoms with Crippen molar-refractivity contribution in [3.05, 3.63) is 88.7 Å². The molecule has 2 aromatic carbocycles. The molecule has 0 saturated carbocycles. The largest absolute Gasteiger partial charge is 0.347 e. The van der Waals surface area contributed by atoms with Gasteiger partial charge < -0.3 is 16.0 Å². The fourth-order valence-corrected chi connectivity index (χ4v) is 4.46. The molecule has 1 fully saturated rings. The van der Waals surface area contributed by atoms with Crippen molar-refractivity contribution in [2.75, 3.05) is 23.7 Å². The van der Waals surface area contributed by atoms with Gasteiger partial charge in [0.1, 0.15) is 5.69 Å². The number of nitrogens with one attached hydrogen (secondary N) is 4. The van der Waals surface area contributed by atoms with Gasteiger partial charge in [-0.05, 0) is 48.7 Å².